The van der Waals surface area contributed by atoms with Gasteiger partial charge >= 0.3 is 13.5 Å². The molecule has 2 heterocycles. The molecule has 1 aromatic rings. The van der Waals surface area contributed by atoms with E-state index in [0.717, 1.165) is 0 Å². The fourth-order valence-electron chi connectivity index (χ4n) is 2.17. The molecular formula is C10H15N2O7P. The van der Waals surface area contributed by atoms with Gasteiger partial charge in [0.25, 0.3) is 5.56 Å². The van der Waals surface area contributed by atoms with Gasteiger partial charge in [0, 0.05) is 18.2 Å². The van der Waals surface area contributed by atoms with Crippen molar-refractivity contribution in [1.82, 2.24) is 9.55 Å². The predicted molar refractivity (Wildman–Crippen MR) is 67.0 cm³/mol. The molecule has 10 heteroatoms. The maximum absolute atomic E-state index is 11.7. The van der Waals surface area contributed by atoms with Crippen LogP contribution in [-0.4, -0.2) is 32.0 Å². The van der Waals surface area contributed by atoms with Gasteiger partial charge in [-0.25, -0.2) is 9.36 Å². The first-order chi connectivity index (χ1) is 9.26. The van der Waals surface area contributed by atoms with Crippen LogP contribution in [0.1, 0.15) is 19.6 Å². The third kappa shape index (κ3) is 3.65. The third-order valence-corrected chi connectivity index (χ3v) is 3.49. The Hall–Kier alpha value is -1.25. The molecule has 1 unspecified atom stereocenters. The Bertz CT molecular complexity index is 633. The lowest BCUT2D eigenvalue weighted by molar-refractivity contribution is -0.0332. The van der Waals surface area contributed by atoms with Crippen molar-refractivity contribution in [3.63, 3.8) is 0 Å². The Labute approximate surface area is 113 Å². The van der Waals surface area contributed by atoms with E-state index in [1.165, 1.54) is 16.8 Å². The van der Waals surface area contributed by atoms with Gasteiger partial charge in [-0.1, -0.05) is 6.92 Å². The Morgan fingerprint density at radius 3 is 2.85 bits per heavy atom. The molecule has 0 saturated carbocycles. The standard InChI is InChI=1S/C10H15N2O7P/c1-6-4-7(5-18-20(15,16)17)19-9(6)12-3-2-8(13)11-10(12)14/h2-3,6-7,9H,4-5H2,1H3,(H,11,13,14)(H2,15,16,17)/t6-,7-,9?/m0/s1. The quantitative estimate of drug-likeness (QED) is 0.643. The van der Waals surface area contributed by atoms with Gasteiger partial charge in [0.1, 0.15) is 6.23 Å². The van der Waals surface area contributed by atoms with Crippen LogP contribution in [0.15, 0.2) is 21.9 Å². The van der Waals surface area contributed by atoms with Gasteiger partial charge in [0.15, 0.2) is 0 Å². The van der Waals surface area contributed by atoms with Crippen LogP contribution in [-0.2, 0) is 13.8 Å². The first-order valence-electron chi connectivity index (χ1n) is 5.93. The zero-order chi connectivity index (χ0) is 14.9. The lowest BCUT2D eigenvalue weighted by Crippen LogP contribution is -2.33. The number of rotatable bonds is 4. The van der Waals surface area contributed by atoms with E-state index in [0.29, 0.717) is 6.42 Å². The average molecular weight is 306 g/mol. The Balaban J connectivity index is 2.09. The number of phosphoric ester groups is 1. The number of aromatic amines is 1. The van der Waals surface area contributed by atoms with E-state index in [1.807, 2.05) is 6.92 Å². The lowest BCUT2D eigenvalue weighted by Gasteiger charge is -2.17. The van der Waals surface area contributed by atoms with Gasteiger partial charge in [-0.05, 0) is 6.42 Å². The third-order valence-electron chi connectivity index (χ3n) is 3.01. The Kier molecular flexibility index (Phi) is 4.26. The molecule has 1 fully saturated rings. The Morgan fingerprint density at radius 1 is 1.55 bits per heavy atom. The normalized spacial score (nSPS) is 26.9. The van der Waals surface area contributed by atoms with Gasteiger partial charge < -0.3 is 14.5 Å². The molecule has 20 heavy (non-hydrogen) atoms. The molecule has 0 bridgehead atoms. The van der Waals surface area contributed by atoms with Crippen LogP contribution in [0.3, 0.4) is 0 Å². The monoisotopic (exact) mass is 306 g/mol. The molecule has 1 aliphatic heterocycles. The zero-order valence-electron chi connectivity index (χ0n) is 10.6. The minimum atomic E-state index is -4.54. The molecule has 0 spiro atoms. The van der Waals surface area contributed by atoms with Gasteiger partial charge in [0.05, 0.1) is 12.7 Å². The maximum Gasteiger partial charge on any atom is 0.469 e. The lowest BCUT2D eigenvalue weighted by atomic mass is 10.1. The summed E-state index contributed by atoms with van der Waals surface area (Å²) in [5.41, 5.74) is -1.09. The highest BCUT2D eigenvalue weighted by atomic mass is 31.2. The van der Waals surface area contributed by atoms with Crippen molar-refractivity contribution in [1.29, 1.82) is 0 Å². The van der Waals surface area contributed by atoms with Crippen molar-refractivity contribution in [2.45, 2.75) is 25.7 Å². The highest BCUT2D eigenvalue weighted by Gasteiger charge is 2.35. The minimum absolute atomic E-state index is 0.0658. The van der Waals surface area contributed by atoms with Crippen LogP contribution < -0.4 is 11.2 Å². The van der Waals surface area contributed by atoms with E-state index in [-0.39, 0.29) is 12.5 Å². The summed E-state index contributed by atoms with van der Waals surface area (Å²) in [6.45, 7) is 1.57. The van der Waals surface area contributed by atoms with Crippen molar-refractivity contribution in [3.8, 4) is 0 Å². The summed E-state index contributed by atoms with van der Waals surface area (Å²) in [6.07, 6.45) is 0.677. The number of nitrogens with zero attached hydrogens (tertiary/aromatic N) is 1. The minimum Gasteiger partial charge on any atom is -0.352 e. The molecule has 1 aliphatic rings. The molecule has 112 valence electrons. The van der Waals surface area contributed by atoms with Gasteiger partial charge in [-0.2, -0.15) is 0 Å². The molecular weight excluding hydrogens is 291 g/mol. The molecule has 0 aromatic carbocycles. The molecule has 3 atom stereocenters. The molecule has 0 radical (unpaired) electrons. The maximum atomic E-state index is 11.7. The molecule has 3 N–H and O–H groups in total. The number of H-pyrrole nitrogens is 1. The van der Waals surface area contributed by atoms with Crippen LogP contribution >= 0.6 is 7.82 Å². The number of nitrogens with one attached hydrogen (secondary N) is 1. The van der Waals surface area contributed by atoms with Gasteiger partial charge in [-0.3, -0.25) is 18.9 Å². The number of ether oxygens (including phenoxy) is 1. The van der Waals surface area contributed by atoms with E-state index in [1.54, 1.807) is 0 Å². The summed E-state index contributed by atoms with van der Waals surface area (Å²) < 4.78 is 21.8. The molecule has 9 nitrogen and oxygen atoms in total. The fourth-order valence-corrected chi connectivity index (χ4v) is 2.53. The first kappa shape index (κ1) is 15.1. The summed E-state index contributed by atoms with van der Waals surface area (Å²) >= 11 is 0. The van der Waals surface area contributed by atoms with Crippen molar-refractivity contribution in [3.05, 3.63) is 33.1 Å². The summed E-state index contributed by atoms with van der Waals surface area (Å²) in [7, 11) is -4.54. The second-order valence-corrected chi connectivity index (χ2v) is 5.90. The van der Waals surface area contributed by atoms with Gasteiger partial charge in [-0.15, -0.1) is 0 Å². The van der Waals surface area contributed by atoms with Crippen LogP contribution in [0.25, 0.3) is 0 Å². The highest BCUT2D eigenvalue weighted by molar-refractivity contribution is 7.46. The second kappa shape index (κ2) is 5.63. The molecule has 1 aromatic heterocycles. The predicted octanol–water partition coefficient (Wildman–Crippen LogP) is -0.431. The molecule has 1 saturated heterocycles. The van der Waals surface area contributed by atoms with Crippen LogP contribution in [0.2, 0.25) is 0 Å². The Morgan fingerprint density at radius 2 is 2.25 bits per heavy atom. The number of aromatic nitrogens is 2. The van der Waals surface area contributed by atoms with Crippen molar-refractivity contribution in [2.75, 3.05) is 6.61 Å². The summed E-state index contributed by atoms with van der Waals surface area (Å²) in [5, 5.41) is 0. The summed E-state index contributed by atoms with van der Waals surface area (Å²) in [6, 6.07) is 1.21. The van der Waals surface area contributed by atoms with E-state index in [9.17, 15) is 14.2 Å². The molecule has 2 rings (SSSR count). The number of phosphoric acid groups is 1. The first-order valence-corrected chi connectivity index (χ1v) is 7.46. The van der Waals surface area contributed by atoms with E-state index < -0.39 is 31.4 Å². The van der Waals surface area contributed by atoms with E-state index in [4.69, 9.17) is 14.5 Å². The van der Waals surface area contributed by atoms with Crippen molar-refractivity contribution in [2.24, 2.45) is 5.92 Å². The molecule has 0 aliphatic carbocycles. The van der Waals surface area contributed by atoms with E-state index >= 15 is 0 Å². The van der Waals surface area contributed by atoms with Crippen LogP contribution in [0, 0.1) is 5.92 Å². The van der Waals surface area contributed by atoms with Crippen molar-refractivity contribution >= 4 is 7.82 Å². The summed E-state index contributed by atoms with van der Waals surface area (Å²) in [5.74, 6) is -0.0658. The highest BCUT2D eigenvalue weighted by Crippen LogP contribution is 2.39. The van der Waals surface area contributed by atoms with Gasteiger partial charge in [0.2, 0.25) is 0 Å². The van der Waals surface area contributed by atoms with Crippen LogP contribution in [0.5, 0.6) is 0 Å². The largest absolute Gasteiger partial charge is 0.469 e. The summed E-state index contributed by atoms with van der Waals surface area (Å²) in [4.78, 5) is 42.1. The van der Waals surface area contributed by atoms with E-state index in [2.05, 4.69) is 9.51 Å². The smallest absolute Gasteiger partial charge is 0.352 e. The molecule has 0 amide bonds. The zero-order valence-corrected chi connectivity index (χ0v) is 11.5. The van der Waals surface area contributed by atoms with Crippen LogP contribution in [0.4, 0.5) is 0 Å². The SMILES string of the molecule is C[C@H]1C[C@@H](COP(=O)(O)O)OC1n1ccc(=O)[nH]c1=O. The average Bonchev–Trinajstić information content (AvgIpc) is 2.67. The topological polar surface area (TPSA) is 131 Å². The number of hydrogen-bond donors (Lipinski definition) is 3. The fraction of sp³-hybridized carbons (Fsp3) is 0.600. The van der Waals surface area contributed by atoms with Crippen molar-refractivity contribution < 1.29 is 23.6 Å². The number of hydrogen-bond acceptors (Lipinski definition) is 5. The second-order valence-electron chi connectivity index (χ2n) is 4.67.